The number of anilines is 1. The van der Waals surface area contributed by atoms with Crippen LogP contribution < -0.4 is 10.1 Å². The van der Waals surface area contributed by atoms with Crippen LogP contribution in [0.5, 0.6) is 5.75 Å². The molecule has 0 bridgehead atoms. The highest BCUT2D eigenvalue weighted by Gasteiger charge is 2.07. The Labute approximate surface area is 119 Å². The fraction of sp³-hybridized carbons (Fsp3) is 0.250. The Bertz CT molecular complexity index is 551. The lowest BCUT2D eigenvalue weighted by Crippen LogP contribution is -2.06. The van der Waals surface area contributed by atoms with E-state index in [0.717, 1.165) is 22.0 Å². The van der Waals surface area contributed by atoms with E-state index in [4.69, 9.17) is 16.3 Å². The van der Waals surface area contributed by atoms with E-state index < -0.39 is 0 Å². The van der Waals surface area contributed by atoms with Crippen molar-refractivity contribution in [1.29, 1.82) is 0 Å². The van der Waals surface area contributed by atoms with Gasteiger partial charge in [-0.05, 0) is 49.2 Å². The van der Waals surface area contributed by atoms with Crippen LogP contribution in [0.15, 0.2) is 42.5 Å². The molecule has 1 N–H and O–H groups in total. The van der Waals surface area contributed by atoms with Crippen LogP contribution in [-0.2, 0) is 0 Å². The molecule has 100 valence electrons. The molecule has 1 atom stereocenters. The van der Waals surface area contributed by atoms with Gasteiger partial charge in [-0.2, -0.15) is 0 Å². The first-order chi connectivity index (χ1) is 9.10. The van der Waals surface area contributed by atoms with E-state index >= 15 is 0 Å². The Kier molecular flexibility index (Phi) is 4.33. The molecule has 19 heavy (non-hydrogen) atoms. The normalized spacial score (nSPS) is 12.0. The Morgan fingerprint density at radius 3 is 2.37 bits per heavy atom. The van der Waals surface area contributed by atoms with E-state index in [1.54, 1.807) is 7.11 Å². The third-order valence-corrected chi connectivity index (χ3v) is 3.43. The van der Waals surface area contributed by atoms with Gasteiger partial charge in [0.2, 0.25) is 0 Å². The first kappa shape index (κ1) is 13.8. The second kappa shape index (κ2) is 5.98. The minimum Gasteiger partial charge on any atom is -0.497 e. The standard InChI is InChI=1S/C16H18ClNO/c1-11-4-9-16(15(17)10-11)18-12(2)13-5-7-14(19-3)8-6-13/h4-10,12,18H,1-3H3. The van der Waals surface area contributed by atoms with E-state index in [1.807, 2.05) is 31.2 Å². The van der Waals surface area contributed by atoms with Crippen molar-refractivity contribution in [1.82, 2.24) is 0 Å². The highest BCUT2D eigenvalue weighted by Crippen LogP contribution is 2.27. The highest BCUT2D eigenvalue weighted by atomic mass is 35.5. The second-order valence-electron chi connectivity index (χ2n) is 4.62. The predicted octanol–water partition coefficient (Wildman–Crippen LogP) is 4.83. The lowest BCUT2D eigenvalue weighted by molar-refractivity contribution is 0.414. The molecule has 2 rings (SSSR count). The average molecular weight is 276 g/mol. The molecule has 0 heterocycles. The Balaban J connectivity index is 2.13. The van der Waals surface area contributed by atoms with Crippen molar-refractivity contribution < 1.29 is 4.74 Å². The Hall–Kier alpha value is -1.67. The summed E-state index contributed by atoms with van der Waals surface area (Å²) < 4.78 is 5.16. The van der Waals surface area contributed by atoms with E-state index in [2.05, 4.69) is 30.4 Å². The maximum Gasteiger partial charge on any atom is 0.118 e. The summed E-state index contributed by atoms with van der Waals surface area (Å²) in [6.07, 6.45) is 0. The molecule has 0 aliphatic rings. The number of aryl methyl sites for hydroxylation is 1. The van der Waals surface area contributed by atoms with Crippen molar-refractivity contribution in [2.24, 2.45) is 0 Å². The van der Waals surface area contributed by atoms with Gasteiger partial charge >= 0.3 is 0 Å². The summed E-state index contributed by atoms with van der Waals surface area (Å²) in [4.78, 5) is 0. The van der Waals surface area contributed by atoms with Crippen molar-refractivity contribution in [3.8, 4) is 5.75 Å². The number of ether oxygens (including phenoxy) is 1. The molecular formula is C16H18ClNO. The molecule has 0 saturated carbocycles. The van der Waals surface area contributed by atoms with Gasteiger partial charge in [-0.1, -0.05) is 29.8 Å². The van der Waals surface area contributed by atoms with Gasteiger partial charge in [-0.25, -0.2) is 0 Å². The zero-order valence-corrected chi connectivity index (χ0v) is 12.2. The summed E-state index contributed by atoms with van der Waals surface area (Å²) in [7, 11) is 1.67. The molecular weight excluding hydrogens is 258 g/mol. The van der Waals surface area contributed by atoms with Gasteiger partial charge in [0.15, 0.2) is 0 Å². The third kappa shape index (κ3) is 3.42. The Morgan fingerprint density at radius 1 is 1.11 bits per heavy atom. The van der Waals surface area contributed by atoms with Crippen LogP contribution >= 0.6 is 11.6 Å². The number of rotatable bonds is 4. The number of halogens is 1. The van der Waals surface area contributed by atoms with Crippen LogP contribution in [-0.4, -0.2) is 7.11 Å². The van der Waals surface area contributed by atoms with Gasteiger partial charge in [-0.3, -0.25) is 0 Å². The first-order valence-electron chi connectivity index (χ1n) is 6.27. The lowest BCUT2D eigenvalue weighted by atomic mass is 10.1. The monoisotopic (exact) mass is 275 g/mol. The van der Waals surface area contributed by atoms with Crippen molar-refractivity contribution in [3.05, 3.63) is 58.6 Å². The molecule has 0 aliphatic carbocycles. The molecule has 2 aromatic carbocycles. The number of nitrogens with one attached hydrogen (secondary N) is 1. The fourth-order valence-corrected chi connectivity index (χ4v) is 2.24. The van der Waals surface area contributed by atoms with E-state index in [1.165, 1.54) is 5.56 Å². The van der Waals surface area contributed by atoms with Gasteiger partial charge in [0.25, 0.3) is 0 Å². The maximum absolute atomic E-state index is 6.23. The molecule has 3 heteroatoms. The van der Waals surface area contributed by atoms with Crippen LogP contribution in [0.3, 0.4) is 0 Å². The number of hydrogen-bond donors (Lipinski definition) is 1. The van der Waals surface area contributed by atoms with Crippen LogP contribution in [0.25, 0.3) is 0 Å². The second-order valence-corrected chi connectivity index (χ2v) is 5.03. The molecule has 0 fully saturated rings. The van der Waals surface area contributed by atoms with Gasteiger partial charge < -0.3 is 10.1 Å². The van der Waals surface area contributed by atoms with Gasteiger partial charge in [0.05, 0.1) is 17.8 Å². The molecule has 0 spiro atoms. The van der Waals surface area contributed by atoms with Gasteiger partial charge in [0.1, 0.15) is 5.75 Å². The zero-order valence-electron chi connectivity index (χ0n) is 11.4. The van der Waals surface area contributed by atoms with Crippen LogP contribution in [0.4, 0.5) is 5.69 Å². The predicted molar refractivity (Wildman–Crippen MR) is 81.2 cm³/mol. The molecule has 0 saturated heterocycles. The van der Waals surface area contributed by atoms with Crippen LogP contribution in [0.2, 0.25) is 5.02 Å². The van der Waals surface area contributed by atoms with E-state index in [-0.39, 0.29) is 6.04 Å². The van der Waals surface area contributed by atoms with Gasteiger partial charge in [0, 0.05) is 6.04 Å². The number of methoxy groups -OCH3 is 1. The molecule has 2 nitrogen and oxygen atoms in total. The molecule has 0 aromatic heterocycles. The van der Waals surface area contributed by atoms with Gasteiger partial charge in [-0.15, -0.1) is 0 Å². The SMILES string of the molecule is COc1ccc(C(C)Nc2ccc(C)cc2Cl)cc1. The Morgan fingerprint density at radius 2 is 1.79 bits per heavy atom. The first-order valence-corrected chi connectivity index (χ1v) is 6.64. The summed E-state index contributed by atoms with van der Waals surface area (Å²) in [5, 5.41) is 4.17. The average Bonchev–Trinajstić information content (AvgIpc) is 2.42. The lowest BCUT2D eigenvalue weighted by Gasteiger charge is -2.17. The molecule has 0 aliphatic heterocycles. The molecule has 0 amide bonds. The largest absolute Gasteiger partial charge is 0.497 e. The van der Waals surface area contributed by atoms with E-state index in [9.17, 15) is 0 Å². The zero-order chi connectivity index (χ0) is 13.8. The summed E-state index contributed by atoms with van der Waals surface area (Å²) in [6, 6.07) is 14.2. The van der Waals surface area contributed by atoms with Crippen molar-refractivity contribution in [2.45, 2.75) is 19.9 Å². The topological polar surface area (TPSA) is 21.3 Å². The summed E-state index contributed by atoms with van der Waals surface area (Å²) in [6.45, 7) is 4.14. The van der Waals surface area contributed by atoms with Crippen molar-refractivity contribution in [2.75, 3.05) is 12.4 Å². The fourth-order valence-electron chi connectivity index (χ4n) is 1.95. The van der Waals surface area contributed by atoms with E-state index in [0.29, 0.717) is 0 Å². The smallest absolute Gasteiger partial charge is 0.118 e. The maximum atomic E-state index is 6.23. The van der Waals surface area contributed by atoms with Crippen LogP contribution in [0, 0.1) is 6.92 Å². The van der Waals surface area contributed by atoms with Crippen molar-refractivity contribution in [3.63, 3.8) is 0 Å². The molecule has 0 radical (unpaired) electrons. The minimum atomic E-state index is 0.186. The minimum absolute atomic E-state index is 0.186. The quantitative estimate of drug-likeness (QED) is 0.863. The molecule has 2 aromatic rings. The van der Waals surface area contributed by atoms with Crippen molar-refractivity contribution >= 4 is 17.3 Å². The van der Waals surface area contributed by atoms with Crippen LogP contribution in [0.1, 0.15) is 24.1 Å². The summed E-state index contributed by atoms with van der Waals surface area (Å²) in [5.74, 6) is 0.865. The highest BCUT2D eigenvalue weighted by molar-refractivity contribution is 6.33. The third-order valence-electron chi connectivity index (χ3n) is 3.11. The number of benzene rings is 2. The number of hydrogen-bond acceptors (Lipinski definition) is 2. The summed E-state index contributed by atoms with van der Waals surface area (Å²) >= 11 is 6.23. The molecule has 1 unspecified atom stereocenters. The summed E-state index contributed by atoms with van der Waals surface area (Å²) in [5.41, 5.74) is 3.31.